The first-order valence-corrected chi connectivity index (χ1v) is 8.59. The van der Waals surface area contributed by atoms with Crippen LogP contribution in [0.4, 0.5) is 0 Å². The zero-order chi connectivity index (χ0) is 16.9. The van der Waals surface area contributed by atoms with Crippen molar-refractivity contribution in [3.05, 3.63) is 48.0 Å². The molecule has 1 N–H and O–H groups in total. The zero-order valence-electron chi connectivity index (χ0n) is 13.8. The minimum Gasteiger partial charge on any atom is -0.481 e. The number of carbonyl (C=O) groups is 2. The first-order valence-electron chi connectivity index (χ1n) is 8.59. The van der Waals surface area contributed by atoms with E-state index in [-0.39, 0.29) is 18.2 Å². The number of hydrogen-bond donors (Lipinski definition) is 1. The van der Waals surface area contributed by atoms with Crippen molar-refractivity contribution in [1.82, 2.24) is 4.90 Å². The van der Waals surface area contributed by atoms with Gasteiger partial charge in [0.2, 0.25) is 5.91 Å². The third-order valence-electron chi connectivity index (χ3n) is 4.87. The average Bonchev–Trinajstić information content (AvgIpc) is 2.59. The summed E-state index contributed by atoms with van der Waals surface area (Å²) in [6.07, 6.45) is 3.09. The third kappa shape index (κ3) is 4.13. The summed E-state index contributed by atoms with van der Waals surface area (Å²) in [4.78, 5) is 25.0. The highest BCUT2D eigenvalue weighted by atomic mass is 16.4. The number of carboxylic acids is 1. The van der Waals surface area contributed by atoms with Crippen LogP contribution in [0.3, 0.4) is 0 Å². The molecule has 126 valence electrons. The van der Waals surface area contributed by atoms with Gasteiger partial charge in [0.1, 0.15) is 0 Å². The number of likely N-dealkylation sites (tertiary alicyclic amines) is 1. The van der Waals surface area contributed by atoms with Gasteiger partial charge in [0.05, 0.1) is 0 Å². The molecule has 1 aliphatic heterocycles. The van der Waals surface area contributed by atoms with Gasteiger partial charge in [0, 0.05) is 25.9 Å². The Morgan fingerprint density at radius 3 is 2.46 bits per heavy atom. The maximum Gasteiger partial charge on any atom is 0.303 e. The smallest absolute Gasteiger partial charge is 0.303 e. The predicted molar refractivity (Wildman–Crippen MR) is 93.8 cm³/mol. The van der Waals surface area contributed by atoms with Gasteiger partial charge in [-0.05, 0) is 41.5 Å². The van der Waals surface area contributed by atoms with E-state index in [1.807, 2.05) is 17.0 Å². The second kappa shape index (κ2) is 7.47. The zero-order valence-corrected chi connectivity index (χ0v) is 13.8. The number of benzene rings is 2. The molecule has 0 radical (unpaired) electrons. The number of fused-ring (bicyclic) bond motifs is 1. The molecule has 1 heterocycles. The molecule has 2 aromatic rings. The summed E-state index contributed by atoms with van der Waals surface area (Å²) in [6.45, 7) is 1.38. The lowest BCUT2D eigenvalue weighted by atomic mass is 9.93. The molecule has 0 aliphatic carbocycles. The lowest BCUT2D eigenvalue weighted by Crippen LogP contribution is -2.39. The van der Waals surface area contributed by atoms with Crippen molar-refractivity contribution in [1.29, 1.82) is 0 Å². The van der Waals surface area contributed by atoms with Crippen molar-refractivity contribution in [2.24, 2.45) is 5.92 Å². The molecule has 0 bridgehead atoms. The monoisotopic (exact) mass is 325 g/mol. The molecule has 24 heavy (non-hydrogen) atoms. The highest BCUT2D eigenvalue weighted by molar-refractivity contribution is 5.83. The molecule has 3 rings (SSSR count). The van der Waals surface area contributed by atoms with Gasteiger partial charge in [-0.15, -0.1) is 0 Å². The Hall–Kier alpha value is -2.36. The Balaban J connectivity index is 1.51. The normalized spacial score (nSPS) is 15.6. The Kier molecular flexibility index (Phi) is 5.14. The Morgan fingerprint density at radius 1 is 1.04 bits per heavy atom. The lowest BCUT2D eigenvalue weighted by Gasteiger charge is -2.31. The van der Waals surface area contributed by atoms with Crippen LogP contribution in [0.25, 0.3) is 10.8 Å². The summed E-state index contributed by atoms with van der Waals surface area (Å²) < 4.78 is 0. The van der Waals surface area contributed by atoms with E-state index in [1.54, 1.807) is 0 Å². The van der Waals surface area contributed by atoms with Gasteiger partial charge in [-0.25, -0.2) is 0 Å². The van der Waals surface area contributed by atoms with Gasteiger partial charge in [-0.1, -0.05) is 42.5 Å². The molecular formula is C20H23NO3. The number of carboxylic acid groups (broad SMARTS) is 1. The fraction of sp³-hybridized carbons (Fsp3) is 0.400. The van der Waals surface area contributed by atoms with Crippen LogP contribution < -0.4 is 0 Å². The van der Waals surface area contributed by atoms with E-state index in [0.29, 0.717) is 19.5 Å². The molecule has 2 aromatic carbocycles. The predicted octanol–water partition coefficient (Wildman–Crippen LogP) is 3.49. The number of nitrogens with zero attached hydrogens (tertiary/aromatic N) is 1. The number of hydrogen-bond acceptors (Lipinski definition) is 2. The second-order valence-electron chi connectivity index (χ2n) is 6.60. The van der Waals surface area contributed by atoms with Crippen LogP contribution in [-0.2, 0) is 16.0 Å². The van der Waals surface area contributed by atoms with E-state index in [2.05, 4.69) is 30.3 Å². The van der Waals surface area contributed by atoms with Crippen molar-refractivity contribution < 1.29 is 14.7 Å². The SMILES string of the molecule is O=C(O)CC1CCN(C(=O)CCc2ccc3ccccc3c2)CC1. The number of carbonyl (C=O) groups excluding carboxylic acids is 1. The number of aliphatic carboxylic acids is 1. The summed E-state index contributed by atoms with van der Waals surface area (Å²) >= 11 is 0. The quantitative estimate of drug-likeness (QED) is 0.915. The summed E-state index contributed by atoms with van der Waals surface area (Å²) in [5.74, 6) is -0.347. The van der Waals surface area contributed by atoms with E-state index in [0.717, 1.165) is 19.3 Å². The van der Waals surface area contributed by atoms with Crippen molar-refractivity contribution in [2.45, 2.75) is 32.1 Å². The van der Waals surface area contributed by atoms with Crippen molar-refractivity contribution >= 4 is 22.6 Å². The van der Waals surface area contributed by atoms with E-state index < -0.39 is 5.97 Å². The molecule has 1 saturated heterocycles. The van der Waals surface area contributed by atoms with Gasteiger partial charge in [-0.3, -0.25) is 9.59 Å². The topological polar surface area (TPSA) is 57.6 Å². The summed E-state index contributed by atoms with van der Waals surface area (Å²) in [7, 11) is 0. The summed E-state index contributed by atoms with van der Waals surface area (Å²) in [6, 6.07) is 14.6. The third-order valence-corrected chi connectivity index (χ3v) is 4.87. The Morgan fingerprint density at radius 2 is 1.75 bits per heavy atom. The van der Waals surface area contributed by atoms with E-state index >= 15 is 0 Å². The minimum absolute atomic E-state index is 0.178. The first kappa shape index (κ1) is 16.5. The first-order chi connectivity index (χ1) is 11.6. The number of rotatable bonds is 5. The largest absolute Gasteiger partial charge is 0.481 e. The van der Waals surface area contributed by atoms with Crippen LogP contribution in [0.15, 0.2) is 42.5 Å². The molecule has 4 nitrogen and oxygen atoms in total. The number of aryl methyl sites for hydroxylation is 1. The molecule has 0 aromatic heterocycles. The standard InChI is InChI=1S/C20H23NO3/c22-19(21-11-9-16(10-12-21)14-20(23)24)8-6-15-5-7-17-3-1-2-4-18(17)13-15/h1-5,7,13,16H,6,8-12,14H2,(H,23,24). The highest BCUT2D eigenvalue weighted by Gasteiger charge is 2.23. The maximum absolute atomic E-state index is 12.4. The molecule has 4 heteroatoms. The van der Waals surface area contributed by atoms with E-state index in [4.69, 9.17) is 5.11 Å². The van der Waals surface area contributed by atoms with E-state index in [9.17, 15) is 9.59 Å². The van der Waals surface area contributed by atoms with Crippen LogP contribution >= 0.6 is 0 Å². The molecule has 1 fully saturated rings. The lowest BCUT2D eigenvalue weighted by molar-refractivity contribution is -0.138. The van der Waals surface area contributed by atoms with E-state index in [1.165, 1.54) is 16.3 Å². The van der Waals surface area contributed by atoms with Crippen LogP contribution in [0.5, 0.6) is 0 Å². The molecule has 0 spiro atoms. The minimum atomic E-state index is -0.740. The van der Waals surface area contributed by atoms with Gasteiger partial charge >= 0.3 is 5.97 Å². The van der Waals surface area contributed by atoms with Gasteiger partial charge in [0.15, 0.2) is 0 Å². The molecule has 0 atom stereocenters. The van der Waals surface area contributed by atoms with Crippen molar-refractivity contribution in [3.8, 4) is 0 Å². The number of piperidine rings is 1. The molecule has 0 saturated carbocycles. The maximum atomic E-state index is 12.4. The molecule has 1 aliphatic rings. The number of amides is 1. The highest BCUT2D eigenvalue weighted by Crippen LogP contribution is 2.22. The Labute approximate surface area is 142 Å². The van der Waals surface area contributed by atoms with Crippen LogP contribution in [-0.4, -0.2) is 35.0 Å². The summed E-state index contributed by atoms with van der Waals surface area (Å²) in [5.41, 5.74) is 1.18. The molecule has 0 unspecified atom stereocenters. The van der Waals surface area contributed by atoms with Gasteiger partial charge in [0.25, 0.3) is 0 Å². The van der Waals surface area contributed by atoms with Crippen molar-refractivity contribution in [3.63, 3.8) is 0 Å². The average molecular weight is 325 g/mol. The fourth-order valence-electron chi connectivity index (χ4n) is 3.44. The van der Waals surface area contributed by atoms with Crippen LogP contribution in [0.2, 0.25) is 0 Å². The van der Waals surface area contributed by atoms with Crippen LogP contribution in [0, 0.1) is 5.92 Å². The summed E-state index contributed by atoms with van der Waals surface area (Å²) in [5, 5.41) is 11.3. The second-order valence-corrected chi connectivity index (χ2v) is 6.60. The molecule has 1 amide bonds. The molecular weight excluding hydrogens is 302 g/mol. The van der Waals surface area contributed by atoms with Crippen molar-refractivity contribution in [2.75, 3.05) is 13.1 Å². The van der Waals surface area contributed by atoms with Gasteiger partial charge in [-0.2, -0.15) is 0 Å². The Bertz CT molecular complexity index is 732. The van der Waals surface area contributed by atoms with Gasteiger partial charge < -0.3 is 10.0 Å². The fourth-order valence-corrected chi connectivity index (χ4v) is 3.44. The van der Waals surface area contributed by atoms with Crippen LogP contribution in [0.1, 0.15) is 31.2 Å².